The number of allylic oxidation sites excluding steroid dienone is 2. The summed E-state index contributed by atoms with van der Waals surface area (Å²) in [6, 6.07) is 0. The van der Waals surface area contributed by atoms with Gasteiger partial charge in [-0.25, -0.2) is 0 Å². The Hall–Kier alpha value is -1.07. The molecule has 9 nitrogen and oxygen atoms in total. The van der Waals surface area contributed by atoms with Crippen LogP contribution in [0.15, 0.2) is 12.2 Å². The molecule has 0 radical (unpaired) electrons. The van der Waals surface area contributed by atoms with Crippen LogP contribution >= 0.6 is 0 Å². The second-order valence-corrected chi connectivity index (χ2v) is 15.1. The molecule has 1 fully saturated rings. The lowest BCUT2D eigenvalue weighted by Crippen LogP contribution is -2.59. The van der Waals surface area contributed by atoms with Crippen LogP contribution in [0.2, 0.25) is 0 Å². The second-order valence-electron chi connectivity index (χ2n) is 15.1. The van der Waals surface area contributed by atoms with Crippen molar-refractivity contribution >= 4 is 5.97 Å². The summed E-state index contributed by atoms with van der Waals surface area (Å²) in [7, 11) is 0. The van der Waals surface area contributed by atoms with E-state index in [4.69, 9.17) is 18.9 Å². The van der Waals surface area contributed by atoms with Crippen LogP contribution in [0.25, 0.3) is 0 Å². The van der Waals surface area contributed by atoms with Gasteiger partial charge in [0.05, 0.1) is 19.8 Å². The van der Waals surface area contributed by atoms with Gasteiger partial charge in [-0.3, -0.25) is 4.79 Å². The van der Waals surface area contributed by atoms with Gasteiger partial charge < -0.3 is 39.4 Å². The average molecular weight is 743 g/mol. The Labute approximate surface area is 318 Å². The predicted octanol–water partition coefficient (Wildman–Crippen LogP) is 9.25. The first-order valence-corrected chi connectivity index (χ1v) is 21.8. The first-order chi connectivity index (χ1) is 25.4. The zero-order chi connectivity index (χ0) is 37.9. The van der Waals surface area contributed by atoms with Crippen molar-refractivity contribution in [3.8, 4) is 0 Å². The molecule has 0 amide bonds. The van der Waals surface area contributed by atoms with E-state index in [9.17, 15) is 25.2 Å². The lowest BCUT2D eigenvalue weighted by atomic mass is 9.99. The molecule has 6 atom stereocenters. The van der Waals surface area contributed by atoms with Crippen molar-refractivity contribution in [3.05, 3.63) is 12.2 Å². The monoisotopic (exact) mass is 743 g/mol. The van der Waals surface area contributed by atoms with E-state index < -0.39 is 43.4 Å². The van der Waals surface area contributed by atoms with Crippen LogP contribution in [0, 0.1) is 0 Å². The minimum absolute atomic E-state index is 0.109. The van der Waals surface area contributed by atoms with Crippen LogP contribution in [0.4, 0.5) is 0 Å². The molecular formula is C43H82O9. The minimum atomic E-state index is -1.53. The van der Waals surface area contributed by atoms with E-state index in [1.54, 1.807) is 0 Å². The molecule has 4 N–H and O–H groups in total. The summed E-state index contributed by atoms with van der Waals surface area (Å²) in [4.78, 5) is 12.7. The Morgan fingerprint density at radius 3 is 1.56 bits per heavy atom. The fourth-order valence-electron chi connectivity index (χ4n) is 6.72. The van der Waals surface area contributed by atoms with E-state index in [2.05, 4.69) is 26.0 Å². The highest BCUT2D eigenvalue weighted by Crippen LogP contribution is 2.22. The van der Waals surface area contributed by atoms with Crippen LogP contribution in [0.5, 0.6) is 0 Å². The molecule has 1 aliphatic heterocycles. The number of esters is 1. The molecule has 0 aromatic heterocycles. The summed E-state index contributed by atoms with van der Waals surface area (Å²) >= 11 is 0. The van der Waals surface area contributed by atoms with Crippen LogP contribution < -0.4 is 0 Å². The Morgan fingerprint density at radius 2 is 1.06 bits per heavy atom. The lowest BCUT2D eigenvalue weighted by molar-refractivity contribution is -0.305. The summed E-state index contributed by atoms with van der Waals surface area (Å²) in [5, 5.41) is 40.0. The first-order valence-electron chi connectivity index (χ1n) is 21.8. The fraction of sp³-hybridized carbons (Fsp3) is 0.930. The molecule has 1 aliphatic rings. The zero-order valence-electron chi connectivity index (χ0n) is 33.6. The number of ether oxygens (including phenoxy) is 4. The van der Waals surface area contributed by atoms with Crippen molar-refractivity contribution in [1.82, 2.24) is 0 Å². The van der Waals surface area contributed by atoms with Gasteiger partial charge >= 0.3 is 5.97 Å². The van der Waals surface area contributed by atoms with Gasteiger partial charge in [-0.05, 0) is 38.5 Å². The van der Waals surface area contributed by atoms with Crippen molar-refractivity contribution in [1.29, 1.82) is 0 Å². The summed E-state index contributed by atoms with van der Waals surface area (Å²) in [5.41, 5.74) is 0. The van der Waals surface area contributed by atoms with Crippen molar-refractivity contribution in [2.24, 2.45) is 0 Å². The normalized spacial score (nSPS) is 21.2. The number of aliphatic hydroxyl groups excluding tert-OH is 4. The third-order valence-electron chi connectivity index (χ3n) is 10.2. The van der Waals surface area contributed by atoms with Crippen molar-refractivity contribution in [2.45, 2.75) is 230 Å². The molecule has 0 bridgehead atoms. The van der Waals surface area contributed by atoms with Crippen LogP contribution in [-0.4, -0.2) is 89.6 Å². The topological polar surface area (TPSA) is 135 Å². The Balaban J connectivity index is 2.20. The number of unbranched alkanes of at least 4 members (excludes halogenated alkanes) is 24. The van der Waals surface area contributed by atoms with Crippen molar-refractivity contribution in [3.63, 3.8) is 0 Å². The maximum atomic E-state index is 12.7. The van der Waals surface area contributed by atoms with Gasteiger partial charge in [0.25, 0.3) is 0 Å². The van der Waals surface area contributed by atoms with E-state index >= 15 is 0 Å². The molecule has 1 heterocycles. The number of hydrogen-bond donors (Lipinski definition) is 4. The molecule has 0 saturated carbocycles. The smallest absolute Gasteiger partial charge is 0.306 e. The Kier molecular flexibility index (Phi) is 33.5. The molecule has 308 valence electrons. The van der Waals surface area contributed by atoms with Gasteiger partial charge in [0.2, 0.25) is 0 Å². The molecule has 0 spiro atoms. The number of carbonyl (C=O) groups is 1. The van der Waals surface area contributed by atoms with Crippen molar-refractivity contribution < 1.29 is 44.2 Å². The van der Waals surface area contributed by atoms with Crippen molar-refractivity contribution in [2.75, 3.05) is 26.4 Å². The van der Waals surface area contributed by atoms with Crippen LogP contribution in [0.3, 0.4) is 0 Å². The molecule has 52 heavy (non-hydrogen) atoms. The number of carbonyl (C=O) groups excluding carboxylic acids is 1. The molecule has 0 aromatic carbocycles. The predicted molar refractivity (Wildman–Crippen MR) is 210 cm³/mol. The van der Waals surface area contributed by atoms with Gasteiger partial charge in [0.1, 0.15) is 30.5 Å². The standard InChI is InChI=1S/C43H82O9/c1-3-5-7-9-11-13-14-15-16-17-18-19-20-21-22-23-25-27-29-31-33-49-35-37(36-50-43-42(48)41(47)40(46)38(34-44)52-43)51-39(45)32-30-28-26-24-12-10-8-6-4-2/h15-16,37-38,40-44,46-48H,3-14,17-36H2,1-2H3/b16-15-. The maximum Gasteiger partial charge on any atom is 0.306 e. The second kappa shape index (κ2) is 35.6. The average Bonchev–Trinajstić information content (AvgIpc) is 3.14. The summed E-state index contributed by atoms with van der Waals surface area (Å²) in [6.07, 6.45) is 31.0. The van der Waals surface area contributed by atoms with Gasteiger partial charge in [0.15, 0.2) is 6.29 Å². The lowest BCUT2D eigenvalue weighted by Gasteiger charge is -2.39. The molecule has 0 aliphatic carbocycles. The van der Waals surface area contributed by atoms with E-state index in [1.165, 1.54) is 141 Å². The summed E-state index contributed by atoms with van der Waals surface area (Å²) in [6.45, 7) is 4.55. The number of rotatable bonds is 37. The highest BCUT2D eigenvalue weighted by molar-refractivity contribution is 5.69. The Morgan fingerprint density at radius 1 is 0.596 bits per heavy atom. The van der Waals surface area contributed by atoms with Gasteiger partial charge in [0, 0.05) is 13.0 Å². The number of hydrogen-bond acceptors (Lipinski definition) is 9. The molecular weight excluding hydrogens is 660 g/mol. The number of aliphatic hydroxyl groups is 4. The highest BCUT2D eigenvalue weighted by Gasteiger charge is 2.44. The molecule has 1 saturated heterocycles. The van der Waals surface area contributed by atoms with Gasteiger partial charge in [-0.2, -0.15) is 0 Å². The molecule has 6 unspecified atom stereocenters. The third kappa shape index (κ3) is 26.7. The SMILES string of the molecule is CCCCCCCC/C=C\CCCCCCCCCCCCOCC(COC1OC(CO)C(O)C(O)C1O)OC(=O)CCCCCCCCCCC. The summed E-state index contributed by atoms with van der Waals surface area (Å²) < 4.78 is 22.7. The fourth-order valence-corrected chi connectivity index (χ4v) is 6.72. The van der Waals surface area contributed by atoms with Crippen LogP contribution in [-0.2, 0) is 23.7 Å². The zero-order valence-corrected chi connectivity index (χ0v) is 33.6. The highest BCUT2D eigenvalue weighted by atomic mass is 16.7. The minimum Gasteiger partial charge on any atom is -0.457 e. The first kappa shape index (κ1) is 48.9. The van der Waals surface area contributed by atoms with E-state index in [-0.39, 0.29) is 19.2 Å². The van der Waals surface area contributed by atoms with Gasteiger partial charge in [-0.15, -0.1) is 0 Å². The van der Waals surface area contributed by atoms with E-state index in [0.29, 0.717) is 13.0 Å². The molecule has 9 heteroatoms. The van der Waals surface area contributed by atoms with Crippen LogP contribution in [0.1, 0.15) is 194 Å². The maximum absolute atomic E-state index is 12.7. The molecule has 1 rings (SSSR count). The quantitative estimate of drug-likeness (QED) is 0.0279. The largest absolute Gasteiger partial charge is 0.457 e. The van der Waals surface area contributed by atoms with E-state index in [1.807, 2.05) is 0 Å². The summed E-state index contributed by atoms with van der Waals surface area (Å²) in [5.74, 6) is -0.315. The Bertz CT molecular complexity index is 807. The third-order valence-corrected chi connectivity index (χ3v) is 10.2. The molecule has 0 aromatic rings. The van der Waals surface area contributed by atoms with Gasteiger partial charge in [-0.1, -0.05) is 161 Å². The van der Waals surface area contributed by atoms with E-state index in [0.717, 1.165) is 32.1 Å².